The number of rotatable bonds is 4. The van der Waals surface area contributed by atoms with E-state index in [9.17, 15) is 4.79 Å². The van der Waals surface area contributed by atoms with Crippen molar-refractivity contribution in [2.75, 3.05) is 26.7 Å². The Balaban J connectivity index is 2.03. The van der Waals surface area contributed by atoms with Gasteiger partial charge in [0.05, 0.1) is 7.11 Å². The van der Waals surface area contributed by atoms with Crippen LogP contribution in [0.1, 0.15) is 26.2 Å². The minimum atomic E-state index is -0.438. The number of likely N-dealkylation sites (tertiary alicyclic amines) is 1. The second-order valence-electron chi connectivity index (χ2n) is 4.56. The molecule has 1 unspecified atom stereocenters. The Bertz CT molecular complexity index is 253. The zero-order valence-corrected chi connectivity index (χ0v) is 9.58. The molecule has 1 aliphatic heterocycles. The summed E-state index contributed by atoms with van der Waals surface area (Å²) in [4.78, 5) is 14.2. The number of likely N-dealkylation sites (N-methyl/N-ethyl adjacent to an activating group) is 1. The molecule has 1 heterocycles. The molecule has 1 saturated heterocycles. The van der Waals surface area contributed by atoms with Crippen LogP contribution in [0.25, 0.3) is 0 Å². The Labute approximate surface area is 91.0 Å². The van der Waals surface area contributed by atoms with E-state index in [1.54, 1.807) is 0 Å². The third-order valence-electron chi connectivity index (χ3n) is 3.45. The Kier molecular flexibility index (Phi) is 2.98. The summed E-state index contributed by atoms with van der Waals surface area (Å²) in [5, 5.41) is 3.31. The van der Waals surface area contributed by atoms with Gasteiger partial charge in [-0.25, -0.2) is 0 Å². The molecule has 2 aliphatic rings. The molecule has 1 aliphatic carbocycles. The lowest BCUT2D eigenvalue weighted by Crippen LogP contribution is -2.54. The SMILES string of the molecule is CCNC1(C(=O)OC)CCN(C2CC2)C1. The maximum atomic E-state index is 11.8. The molecular formula is C11H20N2O2. The van der Waals surface area contributed by atoms with Crippen molar-refractivity contribution in [1.29, 1.82) is 0 Å². The van der Waals surface area contributed by atoms with E-state index in [4.69, 9.17) is 4.74 Å². The fourth-order valence-corrected chi connectivity index (χ4v) is 2.51. The summed E-state index contributed by atoms with van der Waals surface area (Å²) in [5.41, 5.74) is -0.438. The van der Waals surface area contributed by atoms with Crippen LogP contribution in [0.3, 0.4) is 0 Å². The van der Waals surface area contributed by atoms with Crippen molar-refractivity contribution in [2.24, 2.45) is 0 Å². The van der Waals surface area contributed by atoms with Gasteiger partial charge < -0.3 is 10.1 Å². The lowest BCUT2D eigenvalue weighted by Gasteiger charge is -2.27. The molecule has 0 radical (unpaired) electrons. The second-order valence-corrected chi connectivity index (χ2v) is 4.56. The molecule has 15 heavy (non-hydrogen) atoms. The van der Waals surface area contributed by atoms with Crippen LogP contribution in [0, 0.1) is 0 Å². The van der Waals surface area contributed by atoms with Gasteiger partial charge in [-0.3, -0.25) is 9.69 Å². The van der Waals surface area contributed by atoms with E-state index >= 15 is 0 Å². The summed E-state index contributed by atoms with van der Waals surface area (Å²) in [7, 11) is 1.47. The molecule has 0 spiro atoms. The standard InChI is InChI=1S/C11H20N2O2/c1-3-12-11(10(14)15-2)6-7-13(8-11)9-4-5-9/h9,12H,3-8H2,1-2H3. The number of hydrogen-bond acceptors (Lipinski definition) is 4. The summed E-state index contributed by atoms with van der Waals surface area (Å²) in [6.45, 7) is 4.68. The van der Waals surface area contributed by atoms with Gasteiger partial charge in [-0.2, -0.15) is 0 Å². The minimum Gasteiger partial charge on any atom is -0.468 e. The number of nitrogens with one attached hydrogen (secondary N) is 1. The largest absolute Gasteiger partial charge is 0.468 e. The van der Waals surface area contributed by atoms with Crippen molar-refractivity contribution in [3.05, 3.63) is 0 Å². The first-order valence-electron chi connectivity index (χ1n) is 5.79. The summed E-state index contributed by atoms with van der Waals surface area (Å²) in [5.74, 6) is -0.104. The highest BCUT2D eigenvalue weighted by molar-refractivity contribution is 5.81. The molecule has 4 heteroatoms. The van der Waals surface area contributed by atoms with Crippen LogP contribution >= 0.6 is 0 Å². The van der Waals surface area contributed by atoms with Crippen LogP contribution in [0.15, 0.2) is 0 Å². The van der Waals surface area contributed by atoms with Gasteiger partial charge in [0.1, 0.15) is 5.54 Å². The summed E-state index contributed by atoms with van der Waals surface area (Å²) < 4.78 is 4.91. The molecule has 1 N–H and O–H groups in total. The summed E-state index contributed by atoms with van der Waals surface area (Å²) >= 11 is 0. The lowest BCUT2D eigenvalue weighted by atomic mass is 9.99. The molecule has 0 aromatic heterocycles. The van der Waals surface area contributed by atoms with Crippen LogP contribution in [0.4, 0.5) is 0 Å². The molecule has 0 amide bonds. The highest BCUT2D eigenvalue weighted by Crippen LogP contribution is 2.33. The topological polar surface area (TPSA) is 41.6 Å². The van der Waals surface area contributed by atoms with E-state index in [2.05, 4.69) is 10.2 Å². The van der Waals surface area contributed by atoms with Crippen molar-refractivity contribution in [1.82, 2.24) is 10.2 Å². The molecule has 2 rings (SSSR count). The van der Waals surface area contributed by atoms with Crippen molar-refractivity contribution < 1.29 is 9.53 Å². The van der Waals surface area contributed by atoms with Gasteiger partial charge in [-0.15, -0.1) is 0 Å². The van der Waals surface area contributed by atoms with E-state index in [1.165, 1.54) is 20.0 Å². The highest BCUT2D eigenvalue weighted by atomic mass is 16.5. The lowest BCUT2D eigenvalue weighted by molar-refractivity contribution is -0.148. The number of methoxy groups -OCH3 is 1. The summed E-state index contributed by atoms with van der Waals surface area (Å²) in [6.07, 6.45) is 3.47. The van der Waals surface area contributed by atoms with Crippen LogP contribution < -0.4 is 5.32 Å². The summed E-state index contributed by atoms with van der Waals surface area (Å²) in [6, 6.07) is 0.732. The third-order valence-corrected chi connectivity index (χ3v) is 3.45. The average Bonchev–Trinajstić information content (AvgIpc) is 3.01. The smallest absolute Gasteiger partial charge is 0.327 e. The molecule has 1 atom stereocenters. The molecular weight excluding hydrogens is 192 g/mol. The van der Waals surface area contributed by atoms with Gasteiger partial charge >= 0.3 is 5.97 Å². The molecule has 86 valence electrons. The van der Waals surface area contributed by atoms with E-state index in [-0.39, 0.29) is 5.97 Å². The van der Waals surface area contributed by atoms with Crippen LogP contribution in [0.2, 0.25) is 0 Å². The number of carbonyl (C=O) groups is 1. The first kappa shape index (κ1) is 10.9. The number of esters is 1. The molecule has 0 aromatic rings. The third kappa shape index (κ3) is 2.01. The fraction of sp³-hybridized carbons (Fsp3) is 0.909. The molecule has 4 nitrogen and oxygen atoms in total. The predicted octanol–water partition coefficient (Wildman–Crippen LogP) is 0.376. The van der Waals surface area contributed by atoms with Gasteiger partial charge in [0.2, 0.25) is 0 Å². The van der Waals surface area contributed by atoms with E-state index in [0.29, 0.717) is 0 Å². The first-order valence-corrected chi connectivity index (χ1v) is 5.79. The first-order chi connectivity index (χ1) is 7.22. The fourth-order valence-electron chi connectivity index (χ4n) is 2.51. The minimum absolute atomic E-state index is 0.104. The van der Waals surface area contributed by atoms with Crippen molar-refractivity contribution in [3.63, 3.8) is 0 Å². The quantitative estimate of drug-likeness (QED) is 0.684. The van der Waals surface area contributed by atoms with Crippen LogP contribution in [0.5, 0.6) is 0 Å². The van der Waals surface area contributed by atoms with Crippen LogP contribution in [-0.2, 0) is 9.53 Å². The Hall–Kier alpha value is -0.610. The van der Waals surface area contributed by atoms with Gasteiger partial charge in [-0.05, 0) is 25.8 Å². The zero-order chi connectivity index (χ0) is 10.9. The number of nitrogens with zero attached hydrogens (tertiary/aromatic N) is 1. The van der Waals surface area contributed by atoms with Crippen molar-refractivity contribution in [2.45, 2.75) is 37.8 Å². The van der Waals surface area contributed by atoms with Crippen molar-refractivity contribution >= 4 is 5.97 Å². The maximum Gasteiger partial charge on any atom is 0.327 e. The van der Waals surface area contributed by atoms with Gasteiger partial charge in [0, 0.05) is 19.1 Å². The Morgan fingerprint density at radius 2 is 2.33 bits per heavy atom. The van der Waals surface area contributed by atoms with Gasteiger partial charge in [0.15, 0.2) is 0 Å². The normalized spacial score (nSPS) is 31.9. The van der Waals surface area contributed by atoms with Crippen LogP contribution in [-0.4, -0.2) is 49.2 Å². The molecule has 2 fully saturated rings. The molecule has 0 aromatic carbocycles. The zero-order valence-electron chi connectivity index (χ0n) is 9.58. The van der Waals surface area contributed by atoms with E-state index in [0.717, 1.165) is 32.1 Å². The molecule has 1 saturated carbocycles. The van der Waals surface area contributed by atoms with E-state index in [1.807, 2.05) is 6.92 Å². The van der Waals surface area contributed by atoms with Gasteiger partial charge in [0.25, 0.3) is 0 Å². The second kappa shape index (κ2) is 4.10. The Morgan fingerprint density at radius 1 is 1.60 bits per heavy atom. The monoisotopic (exact) mass is 212 g/mol. The number of hydrogen-bond donors (Lipinski definition) is 1. The highest BCUT2D eigenvalue weighted by Gasteiger charge is 2.48. The maximum absolute atomic E-state index is 11.8. The predicted molar refractivity (Wildman–Crippen MR) is 57.6 cm³/mol. The Morgan fingerprint density at radius 3 is 2.87 bits per heavy atom. The number of carbonyl (C=O) groups excluding carboxylic acids is 1. The van der Waals surface area contributed by atoms with E-state index < -0.39 is 5.54 Å². The average molecular weight is 212 g/mol. The number of ether oxygens (including phenoxy) is 1. The van der Waals surface area contributed by atoms with Crippen molar-refractivity contribution in [3.8, 4) is 0 Å². The van der Waals surface area contributed by atoms with Gasteiger partial charge in [-0.1, -0.05) is 6.92 Å². The molecule has 0 bridgehead atoms.